The van der Waals surface area contributed by atoms with Gasteiger partial charge in [0.25, 0.3) is 0 Å². The van der Waals surface area contributed by atoms with Crippen LogP contribution in [0.15, 0.2) is 30.3 Å². The van der Waals surface area contributed by atoms with Crippen LogP contribution in [0.25, 0.3) is 10.4 Å². The average molecular weight is 273 g/mol. The van der Waals surface area contributed by atoms with Crippen LogP contribution in [0.3, 0.4) is 0 Å². The molecule has 0 aliphatic carbocycles. The summed E-state index contributed by atoms with van der Waals surface area (Å²) in [5.74, 6) is 1.12. The van der Waals surface area contributed by atoms with Gasteiger partial charge in [0.05, 0.1) is 0 Å². The quantitative estimate of drug-likeness (QED) is 0.822. The Kier molecular flexibility index (Phi) is 4.43. The van der Waals surface area contributed by atoms with Gasteiger partial charge in [0.1, 0.15) is 0 Å². The molecule has 0 fully saturated rings. The molecule has 2 aromatic rings. The molecule has 1 heterocycles. The normalized spacial score (nSPS) is 11.5. The molecule has 0 spiro atoms. The number of benzene rings is 1. The second-order valence-electron chi connectivity index (χ2n) is 5.63. The Balaban J connectivity index is 2.50. The highest BCUT2D eigenvalue weighted by Gasteiger charge is 2.12. The van der Waals surface area contributed by atoms with E-state index in [2.05, 4.69) is 58.0 Å². The van der Waals surface area contributed by atoms with Crippen molar-refractivity contribution in [1.29, 1.82) is 0 Å². The fourth-order valence-corrected chi connectivity index (χ4v) is 3.21. The van der Waals surface area contributed by atoms with Gasteiger partial charge in [-0.1, -0.05) is 45.9 Å². The maximum atomic E-state index is 5.71. The molecule has 102 valence electrons. The van der Waals surface area contributed by atoms with Crippen LogP contribution in [0, 0.1) is 0 Å². The lowest BCUT2D eigenvalue weighted by Gasteiger charge is -2.15. The molecular weight excluding hydrogens is 250 g/mol. The summed E-state index contributed by atoms with van der Waals surface area (Å²) in [6.07, 6.45) is 0. The Bertz CT molecular complexity index is 552. The maximum Gasteiger partial charge on any atom is 0.0349 e. The van der Waals surface area contributed by atoms with Crippen molar-refractivity contribution in [2.45, 2.75) is 46.1 Å². The molecule has 0 saturated carbocycles. The van der Waals surface area contributed by atoms with Crippen LogP contribution in [0.1, 0.15) is 55.5 Å². The Morgan fingerprint density at radius 1 is 1.00 bits per heavy atom. The summed E-state index contributed by atoms with van der Waals surface area (Å²) in [6, 6.07) is 11.2. The van der Waals surface area contributed by atoms with E-state index in [-0.39, 0.29) is 0 Å². The van der Waals surface area contributed by atoms with Gasteiger partial charge in [-0.3, -0.25) is 0 Å². The molecule has 0 atom stereocenters. The Morgan fingerprint density at radius 3 is 2.26 bits per heavy atom. The smallest absolute Gasteiger partial charge is 0.0349 e. The van der Waals surface area contributed by atoms with Gasteiger partial charge in [0.15, 0.2) is 0 Å². The van der Waals surface area contributed by atoms with Crippen molar-refractivity contribution in [2.24, 2.45) is 5.73 Å². The van der Waals surface area contributed by atoms with E-state index in [1.54, 1.807) is 11.3 Å². The molecule has 0 amide bonds. The molecule has 0 unspecified atom stereocenters. The van der Waals surface area contributed by atoms with Gasteiger partial charge in [-0.05, 0) is 40.7 Å². The molecule has 2 heteroatoms. The molecule has 2 rings (SSSR count). The predicted molar refractivity (Wildman–Crippen MR) is 85.8 cm³/mol. The zero-order chi connectivity index (χ0) is 14.0. The highest BCUT2D eigenvalue weighted by Crippen LogP contribution is 2.35. The van der Waals surface area contributed by atoms with Crippen molar-refractivity contribution in [3.8, 4) is 10.4 Å². The third-order valence-electron chi connectivity index (χ3n) is 3.49. The molecule has 0 bridgehead atoms. The standard InChI is InChI=1S/C17H23NS/c1-11(2)13-5-7-15(16(9-13)12(3)4)17-8-6-14(10-18)19-17/h5-9,11-12H,10,18H2,1-4H3. The number of hydrogen-bond acceptors (Lipinski definition) is 2. The number of nitrogens with two attached hydrogens (primary N) is 1. The highest BCUT2D eigenvalue weighted by atomic mass is 32.1. The molecular formula is C17H23NS. The van der Waals surface area contributed by atoms with Crippen molar-refractivity contribution in [3.63, 3.8) is 0 Å². The summed E-state index contributed by atoms with van der Waals surface area (Å²) < 4.78 is 0. The van der Waals surface area contributed by atoms with Crippen LogP contribution in [-0.4, -0.2) is 0 Å². The zero-order valence-corrected chi connectivity index (χ0v) is 13.1. The van der Waals surface area contributed by atoms with Crippen molar-refractivity contribution >= 4 is 11.3 Å². The number of hydrogen-bond donors (Lipinski definition) is 1. The third kappa shape index (κ3) is 3.07. The van der Waals surface area contributed by atoms with Gasteiger partial charge in [-0.25, -0.2) is 0 Å². The maximum absolute atomic E-state index is 5.71. The van der Waals surface area contributed by atoms with E-state index in [4.69, 9.17) is 5.73 Å². The Hall–Kier alpha value is -1.12. The van der Waals surface area contributed by atoms with Crippen LogP contribution in [0.5, 0.6) is 0 Å². The first-order valence-electron chi connectivity index (χ1n) is 6.96. The molecule has 1 nitrogen and oxygen atoms in total. The molecule has 0 saturated heterocycles. The number of rotatable bonds is 4. The zero-order valence-electron chi connectivity index (χ0n) is 12.2. The van der Waals surface area contributed by atoms with Crippen molar-refractivity contribution in [2.75, 3.05) is 0 Å². The van der Waals surface area contributed by atoms with Gasteiger partial charge in [-0.15, -0.1) is 11.3 Å². The molecule has 2 N–H and O–H groups in total. The summed E-state index contributed by atoms with van der Waals surface area (Å²) in [4.78, 5) is 2.58. The van der Waals surface area contributed by atoms with E-state index in [1.807, 2.05) is 0 Å². The predicted octanol–water partition coefficient (Wildman–Crippen LogP) is 5.12. The van der Waals surface area contributed by atoms with Crippen molar-refractivity contribution in [3.05, 3.63) is 46.3 Å². The van der Waals surface area contributed by atoms with E-state index in [0.717, 1.165) is 0 Å². The molecule has 1 aromatic carbocycles. The lowest BCUT2D eigenvalue weighted by molar-refractivity contribution is 0.836. The first kappa shape index (κ1) is 14.3. The second kappa shape index (κ2) is 5.89. The van der Waals surface area contributed by atoms with Gasteiger partial charge in [-0.2, -0.15) is 0 Å². The van der Waals surface area contributed by atoms with Crippen LogP contribution >= 0.6 is 11.3 Å². The summed E-state index contributed by atoms with van der Waals surface area (Å²) in [7, 11) is 0. The van der Waals surface area contributed by atoms with E-state index < -0.39 is 0 Å². The Morgan fingerprint density at radius 2 is 1.74 bits per heavy atom. The summed E-state index contributed by atoms with van der Waals surface area (Å²) in [5, 5.41) is 0. The van der Waals surface area contributed by atoms with E-state index in [9.17, 15) is 0 Å². The van der Waals surface area contributed by atoms with Gasteiger partial charge in [0.2, 0.25) is 0 Å². The Labute approximate surface area is 120 Å². The van der Waals surface area contributed by atoms with Crippen LogP contribution < -0.4 is 5.73 Å². The van der Waals surface area contributed by atoms with Crippen LogP contribution in [0.4, 0.5) is 0 Å². The minimum Gasteiger partial charge on any atom is -0.326 e. The first-order chi connectivity index (χ1) is 9.02. The monoisotopic (exact) mass is 273 g/mol. The van der Waals surface area contributed by atoms with Crippen molar-refractivity contribution in [1.82, 2.24) is 0 Å². The first-order valence-corrected chi connectivity index (χ1v) is 7.77. The molecule has 0 aliphatic heterocycles. The summed E-state index contributed by atoms with van der Waals surface area (Å²) >= 11 is 1.81. The van der Waals surface area contributed by atoms with Crippen LogP contribution in [-0.2, 0) is 6.54 Å². The van der Waals surface area contributed by atoms with Gasteiger partial charge in [0, 0.05) is 16.3 Å². The minimum atomic E-state index is 0.539. The van der Waals surface area contributed by atoms with Gasteiger partial charge < -0.3 is 5.73 Å². The lowest BCUT2D eigenvalue weighted by Crippen LogP contribution is -1.96. The lowest BCUT2D eigenvalue weighted by atomic mass is 9.91. The van der Waals surface area contributed by atoms with Gasteiger partial charge >= 0.3 is 0 Å². The topological polar surface area (TPSA) is 26.0 Å². The fraction of sp³-hybridized carbons (Fsp3) is 0.412. The molecule has 19 heavy (non-hydrogen) atoms. The largest absolute Gasteiger partial charge is 0.326 e. The average Bonchev–Trinajstić information content (AvgIpc) is 2.86. The molecule has 0 aliphatic rings. The second-order valence-corrected chi connectivity index (χ2v) is 6.79. The third-order valence-corrected chi connectivity index (χ3v) is 4.63. The van der Waals surface area contributed by atoms with E-state index in [0.29, 0.717) is 18.4 Å². The fourth-order valence-electron chi connectivity index (χ4n) is 2.27. The van der Waals surface area contributed by atoms with E-state index >= 15 is 0 Å². The van der Waals surface area contributed by atoms with Crippen molar-refractivity contribution < 1.29 is 0 Å². The van der Waals surface area contributed by atoms with E-state index in [1.165, 1.54) is 26.4 Å². The van der Waals surface area contributed by atoms with Crippen LogP contribution in [0.2, 0.25) is 0 Å². The SMILES string of the molecule is CC(C)c1ccc(-c2ccc(CN)s2)c(C(C)C)c1. The summed E-state index contributed by atoms with van der Waals surface area (Å²) in [6.45, 7) is 9.65. The number of thiophene rings is 1. The highest BCUT2D eigenvalue weighted by molar-refractivity contribution is 7.15. The molecule has 1 aromatic heterocycles. The summed E-state index contributed by atoms with van der Waals surface area (Å²) in [5.41, 5.74) is 9.94. The minimum absolute atomic E-state index is 0.539. The molecule has 0 radical (unpaired) electrons.